The summed E-state index contributed by atoms with van der Waals surface area (Å²) in [7, 11) is 1.59. The highest BCUT2D eigenvalue weighted by atomic mass is 35.5. The van der Waals surface area contributed by atoms with Crippen molar-refractivity contribution >= 4 is 44.2 Å². The van der Waals surface area contributed by atoms with E-state index in [-0.39, 0.29) is 5.91 Å². The largest absolute Gasteiger partial charge is 0.494 e. The molecule has 2 aromatic heterocycles. The molecule has 34 heavy (non-hydrogen) atoms. The van der Waals surface area contributed by atoms with Crippen LogP contribution in [0, 0.1) is 6.92 Å². The minimum Gasteiger partial charge on any atom is -0.494 e. The third-order valence-electron chi connectivity index (χ3n) is 5.57. The summed E-state index contributed by atoms with van der Waals surface area (Å²) in [5.41, 5.74) is 3.78. The van der Waals surface area contributed by atoms with Crippen molar-refractivity contribution < 1.29 is 9.53 Å². The first kappa shape index (κ1) is 22.1. The Bertz CT molecular complexity index is 1460. The molecule has 8 heteroatoms. The summed E-state index contributed by atoms with van der Waals surface area (Å²) in [4.78, 5) is 20.4. The zero-order valence-corrected chi connectivity index (χ0v) is 20.2. The zero-order valence-electron chi connectivity index (χ0n) is 18.6. The Balaban J connectivity index is 1.60. The van der Waals surface area contributed by atoms with Crippen molar-refractivity contribution in [3.63, 3.8) is 0 Å². The summed E-state index contributed by atoms with van der Waals surface area (Å²) < 4.78 is 8.03. The molecule has 0 fully saturated rings. The Morgan fingerprint density at radius 1 is 1.06 bits per heavy atom. The molecule has 0 saturated heterocycles. The molecule has 0 bridgehead atoms. The van der Waals surface area contributed by atoms with Crippen LogP contribution in [0.25, 0.3) is 15.9 Å². The molecule has 0 aliphatic heterocycles. The number of methoxy groups -OCH3 is 1. The van der Waals surface area contributed by atoms with E-state index in [1.807, 2.05) is 67.6 Å². The number of carbonyl (C=O) groups is 1. The maximum absolute atomic E-state index is 13.9. The first-order valence-corrected chi connectivity index (χ1v) is 11.8. The SMILES string of the molecule is COc1ccc(Cl)c2sc(N(Cc3ccccc3)C(=O)c3cnn(-c4ccccc4)c3C)nc12. The molecule has 0 aliphatic carbocycles. The number of fused-ring (bicyclic) bond motifs is 1. The zero-order chi connectivity index (χ0) is 23.7. The minimum absolute atomic E-state index is 0.183. The molecule has 0 spiro atoms. The average molecular weight is 489 g/mol. The first-order chi connectivity index (χ1) is 16.6. The van der Waals surface area contributed by atoms with Gasteiger partial charge in [-0.2, -0.15) is 5.10 Å². The van der Waals surface area contributed by atoms with Gasteiger partial charge < -0.3 is 4.74 Å². The minimum atomic E-state index is -0.183. The number of hydrogen-bond donors (Lipinski definition) is 0. The standard InChI is InChI=1S/C26H21ClN4O2S/c1-17-20(15-28-31(17)19-11-7-4-8-12-19)25(32)30(16-18-9-5-3-6-10-18)26-29-23-22(33-2)14-13-21(27)24(23)34-26/h3-15H,16H2,1-2H3. The maximum atomic E-state index is 13.9. The van der Waals surface area contributed by atoms with Crippen LogP contribution in [0.5, 0.6) is 5.75 Å². The molecular weight excluding hydrogens is 468 g/mol. The summed E-state index contributed by atoms with van der Waals surface area (Å²) in [6.45, 7) is 2.25. The van der Waals surface area contributed by atoms with Gasteiger partial charge in [-0.1, -0.05) is 71.5 Å². The second-order valence-electron chi connectivity index (χ2n) is 7.69. The summed E-state index contributed by atoms with van der Waals surface area (Å²) in [5, 5.41) is 5.60. The molecule has 6 nitrogen and oxygen atoms in total. The fraction of sp³-hybridized carbons (Fsp3) is 0.115. The fourth-order valence-electron chi connectivity index (χ4n) is 3.81. The van der Waals surface area contributed by atoms with Gasteiger partial charge in [0.2, 0.25) is 0 Å². The lowest BCUT2D eigenvalue weighted by Crippen LogP contribution is -2.30. The third kappa shape index (κ3) is 4.04. The Labute approximate surface area is 206 Å². The van der Waals surface area contributed by atoms with Crippen molar-refractivity contribution in [2.45, 2.75) is 13.5 Å². The van der Waals surface area contributed by atoms with Gasteiger partial charge in [-0.15, -0.1) is 0 Å². The van der Waals surface area contributed by atoms with Crippen LogP contribution in [0.4, 0.5) is 5.13 Å². The molecule has 170 valence electrons. The van der Waals surface area contributed by atoms with Crippen LogP contribution in [0.15, 0.2) is 79.0 Å². The predicted octanol–water partition coefficient (Wildman–Crippen LogP) is 6.30. The van der Waals surface area contributed by atoms with Crippen LogP contribution in [-0.2, 0) is 6.54 Å². The molecule has 5 aromatic rings. The lowest BCUT2D eigenvalue weighted by molar-refractivity contribution is 0.0984. The van der Waals surface area contributed by atoms with Crippen molar-refractivity contribution in [2.75, 3.05) is 12.0 Å². The van der Waals surface area contributed by atoms with Gasteiger partial charge in [-0.25, -0.2) is 9.67 Å². The Hall–Kier alpha value is -3.68. The molecule has 1 amide bonds. The third-order valence-corrected chi connectivity index (χ3v) is 7.11. The number of amides is 1. The number of thiazole rings is 1. The molecule has 2 heterocycles. The van der Waals surface area contributed by atoms with Crippen LogP contribution in [0.3, 0.4) is 0 Å². The first-order valence-electron chi connectivity index (χ1n) is 10.7. The Kier molecular flexibility index (Phi) is 6.04. The van der Waals surface area contributed by atoms with Gasteiger partial charge in [-0.3, -0.25) is 9.69 Å². The van der Waals surface area contributed by atoms with Gasteiger partial charge in [-0.05, 0) is 36.8 Å². The lowest BCUT2D eigenvalue weighted by Gasteiger charge is -2.20. The van der Waals surface area contributed by atoms with Crippen molar-refractivity contribution in [1.29, 1.82) is 0 Å². The highest BCUT2D eigenvalue weighted by Gasteiger charge is 2.26. The molecule has 0 N–H and O–H groups in total. The van der Waals surface area contributed by atoms with Gasteiger partial charge in [0, 0.05) is 0 Å². The number of hydrogen-bond acceptors (Lipinski definition) is 5. The van der Waals surface area contributed by atoms with E-state index in [0.717, 1.165) is 21.6 Å². The van der Waals surface area contributed by atoms with E-state index < -0.39 is 0 Å². The van der Waals surface area contributed by atoms with Crippen LogP contribution < -0.4 is 9.64 Å². The monoisotopic (exact) mass is 488 g/mol. The number of aromatic nitrogens is 3. The van der Waals surface area contributed by atoms with Crippen LogP contribution in [0.1, 0.15) is 21.6 Å². The van der Waals surface area contributed by atoms with Crippen molar-refractivity contribution in [3.05, 3.63) is 101 Å². The molecule has 3 aromatic carbocycles. The number of para-hydroxylation sites is 1. The predicted molar refractivity (Wildman–Crippen MR) is 136 cm³/mol. The van der Waals surface area contributed by atoms with Crippen molar-refractivity contribution in [3.8, 4) is 11.4 Å². The fourth-order valence-corrected chi connectivity index (χ4v) is 5.06. The number of ether oxygens (including phenoxy) is 1. The molecule has 0 unspecified atom stereocenters. The number of rotatable bonds is 6. The van der Waals surface area contributed by atoms with Gasteiger partial charge in [0.05, 0.1) is 46.5 Å². The van der Waals surface area contributed by atoms with E-state index in [9.17, 15) is 4.79 Å². The number of benzene rings is 3. The molecule has 0 atom stereocenters. The molecule has 0 radical (unpaired) electrons. The second-order valence-corrected chi connectivity index (χ2v) is 9.08. The highest BCUT2D eigenvalue weighted by Crippen LogP contribution is 2.39. The van der Waals surface area contributed by atoms with Crippen molar-refractivity contribution in [2.24, 2.45) is 0 Å². The van der Waals surface area contributed by atoms with E-state index in [4.69, 9.17) is 21.3 Å². The van der Waals surface area contributed by atoms with Gasteiger partial charge in [0.25, 0.3) is 5.91 Å². The van der Waals surface area contributed by atoms with Crippen LogP contribution in [0.2, 0.25) is 5.02 Å². The number of nitrogens with zero attached hydrogens (tertiary/aromatic N) is 4. The van der Waals surface area contributed by atoms with E-state index in [0.29, 0.717) is 33.5 Å². The van der Waals surface area contributed by atoms with E-state index >= 15 is 0 Å². The van der Waals surface area contributed by atoms with Gasteiger partial charge in [0.15, 0.2) is 5.13 Å². The molecule has 0 aliphatic rings. The van der Waals surface area contributed by atoms with Crippen LogP contribution in [-0.4, -0.2) is 27.8 Å². The summed E-state index contributed by atoms with van der Waals surface area (Å²) in [5.74, 6) is 0.430. The lowest BCUT2D eigenvalue weighted by atomic mass is 10.2. The maximum Gasteiger partial charge on any atom is 0.263 e. The quantitative estimate of drug-likeness (QED) is 0.281. The number of halogens is 1. The number of carbonyl (C=O) groups excluding carboxylic acids is 1. The van der Waals surface area contributed by atoms with E-state index in [2.05, 4.69) is 5.10 Å². The highest BCUT2D eigenvalue weighted by molar-refractivity contribution is 7.23. The summed E-state index contributed by atoms with van der Waals surface area (Å²) in [6.07, 6.45) is 1.61. The van der Waals surface area contributed by atoms with E-state index in [1.165, 1.54) is 11.3 Å². The second kappa shape index (κ2) is 9.29. The Morgan fingerprint density at radius 3 is 2.47 bits per heavy atom. The normalized spacial score (nSPS) is 11.0. The smallest absolute Gasteiger partial charge is 0.263 e. The van der Waals surface area contributed by atoms with E-state index in [1.54, 1.807) is 35.0 Å². The summed E-state index contributed by atoms with van der Waals surface area (Å²) in [6, 6.07) is 23.1. The number of anilines is 1. The van der Waals surface area contributed by atoms with Gasteiger partial charge >= 0.3 is 0 Å². The van der Waals surface area contributed by atoms with Gasteiger partial charge in [0.1, 0.15) is 11.3 Å². The van der Waals surface area contributed by atoms with Crippen LogP contribution >= 0.6 is 22.9 Å². The molecule has 5 rings (SSSR count). The molecule has 0 saturated carbocycles. The average Bonchev–Trinajstić information content (AvgIpc) is 3.48. The summed E-state index contributed by atoms with van der Waals surface area (Å²) >= 11 is 7.82. The molecular formula is C26H21ClN4O2S. The topological polar surface area (TPSA) is 60.2 Å². The Morgan fingerprint density at radius 2 is 1.76 bits per heavy atom. The van der Waals surface area contributed by atoms with Crippen molar-refractivity contribution in [1.82, 2.24) is 14.8 Å².